The van der Waals surface area contributed by atoms with Crippen molar-refractivity contribution in [3.05, 3.63) is 48.1 Å². The Morgan fingerprint density at radius 1 is 1.44 bits per heavy atom. The Morgan fingerprint density at radius 2 is 2.22 bits per heavy atom. The number of thiophene rings is 1. The average Bonchev–Trinajstić information content (AvgIpc) is 2.79. The normalized spacial score (nSPS) is 10.3. The molecule has 0 aliphatic rings. The summed E-state index contributed by atoms with van der Waals surface area (Å²) in [5.41, 5.74) is 1.79. The first-order chi connectivity index (χ1) is 8.58. The number of hydrogen-bond acceptors (Lipinski definition) is 3. The van der Waals surface area contributed by atoms with Crippen molar-refractivity contribution in [3.63, 3.8) is 0 Å². The lowest BCUT2D eigenvalue weighted by Gasteiger charge is -2.07. The summed E-state index contributed by atoms with van der Waals surface area (Å²) in [4.78, 5) is 11.4. The number of carboxylic acid groups (broad SMARTS) is 1. The van der Waals surface area contributed by atoms with E-state index in [-0.39, 0.29) is 0 Å². The summed E-state index contributed by atoms with van der Waals surface area (Å²) < 4.78 is 2.16. The van der Waals surface area contributed by atoms with Crippen LogP contribution in [-0.4, -0.2) is 11.1 Å². The van der Waals surface area contributed by atoms with Gasteiger partial charge in [-0.15, -0.1) is 11.3 Å². The van der Waals surface area contributed by atoms with Crippen LogP contribution in [-0.2, 0) is 6.54 Å². The highest BCUT2D eigenvalue weighted by Crippen LogP contribution is 2.24. The Hall–Kier alpha value is -0.600. The van der Waals surface area contributed by atoms with Gasteiger partial charge in [-0.3, -0.25) is 0 Å². The van der Waals surface area contributed by atoms with Gasteiger partial charge in [-0.05, 0) is 73.7 Å². The van der Waals surface area contributed by atoms with Crippen LogP contribution < -0.4 is 5.32 Å². The molecular formula is C12H9BrINO2S. The third-order valence-electron chi connectivity index (χ3n) is 2.34. The van der Waals surface area contributed by atoms with Crippen LogP contribution in [0, 0.1) is 3.57 Å². The Labute approximate surface area is 130 Å². The molecule has 2 aromatic rings. The van der Waals surface area contributed by atoms with Crippen LogP contribution in [0.1, 0.15) is 15.2 Å². The van der Waals surface area contributed by atoms with Gasteiger partial charge in [0.05, 0.1) is 0 Å². The van der Waals surface area contributed by atoms with Crippen molar-refractivity contribution in [2.45, 2.75) is 6.54 Å². The fraction of sp³-hybridized carbons (Fsp3) is 0.0833. The second-order valence-electron chi connectivity index (χ2n) is 3.56. The summed E-state index contributed by atoms with van der Waals surface area (Å²) in [6.07, 6.45) is 0. The summed E-state index contributed by atoms with van der Waals surface area (Å²) in [5.74, 6) is -0.868. The number of anilines is 1. The third-order valence-corrected chi connectivity index (χ3v) is 5.61. The van der Waals surface area contributed by atoms with E-state index in [2.05, 4.69) is 43.8 Å². The minimum absolute atomic E-state index is 0.398. The molecule has 0 radical (unpaired) electrons. The fourth-order valence-electron chi connectivity index (χ4n) is 1.47. The van der Waals surface area contributed by atoms with Gasteiger partial charge < -0.3 is 10.4 Å². The van der Waals surface area contributed by atoms with E-state index >= 15 is 0 Å². The van der Waals surface area contributed by atoms with E-state index < -0.39 is 5.97 Å². The zero-order chi connectivity index (χ0) is 13.1. The third kappa shape index (κ3) is 3.24. The second-order valence-corrected chi connectivity index (χ2v) is 6.50. The van der Waals surface area contributed by atoms with Crippen LogP contribution >= 0.6 is 49.9 Å². The van der Waals surface area contributed by atoms with Gasteiger partial charge in [0.1, 0.15) is 4.88 Å². The van der Waals surface area contributed by atoms with Crippen molar-refractivity contribution in [2.24, 2.45) is 0 Å². The van der Waals surface area contributed by atoms with Gasteiger partial charge in [0.15, 0.2) is 0 Å². The molecule has 0 aliphatic heterocycles. The van der Waals surface area contributed by atoms with Crippen LogP contribution in [0.4, 0.5) is 5.69 Å². The first kappa shape index (κ1) is 13.8. The number of carbonyl (C=O) groups is 1. The molecule has 1 aromatic carbocycles. The van der Waals surface area contributed by atoms with E-state index in [0.29, 0.717) is 11.4 Å². The van der Waals surface area contributed by atoms with Gasteiger partial charge in [-0.25, -0.2) is 4.79 Å². The number of benzene rings is 1. The topological polar surface area (TPSA) is 49.3 Å². The molecule has 0 saturated heterocycles. The average molecular weight is 438 g/mol. The van der Waals surface area contributed by atoms with Gasteiger partial charge in [-0.1, -0.05) is 0 Å². The summed E-state index contributed by atoms with van der Waals surface area (Å²) >= 11 is 6.93. The molecule has 3 nitrogen and oxygen atoms in total. The first-order valence-corrected chi connectivity index (χ1v) is 7.81. The lowest BCUT2D eigenvalue weighted by Crippen LogP contribution is -2.04. The minimum Gasteiger partial charge on any atom is -0.477 e. The van der Waals surface area contributed by atoms with Crippen LogP contribution in [0.3, 0.4) is 0 Å². The molecule has 0 bridgehead atoms. The zero-order valence-electron chi connectivity index (χ0n) is 9.11. The zero-order valence-corrected chi connectivity index (χ0v) is 13.7. The molecule has 0 unspecified atom stereocenters. The van der Waals surface area contributed by atoms with Crippen molar-refractivity contribution in [1.82, 2.24) is 0 Å². The van der Waals surface area contributed by atoms with Crippen LogP contribution in [0.25, 0.3) is 0 Å². The van der Waals surface area contributed by atoms with Crippen molar-refractivity contribution in [3.8, 4) is 0 Å². The van der Waals surface area contributed by atoms with Crippen molar-refractivity contribution in [1.29, 1.82) is 0 Å². The summed E-state index contributed by atoms with van der Waals surface area (Å²) in [6, 6.07) is 7.78. The van der Waals surface area contributed by atoms with Crippen LogP contribution in [0.15, 0.2) is 34.1 Å². The second kappa shape index (κ2) is 6.03. The predicted octanol–water partition coefficient (Wildman–Crippen LogP) is 4.43. The van der Waals surface area contributed by atoms with Gasteiger partial charge in [0, 0.05) is 20.3 Å². The highest BCUT2D eigenvalue weighted by molar-refractivity contribution is 14.1. The molecule has 0 amide bonds. The Bertz CT molecular complexity index is 585. The molecule has 2 N–H and O–H groups in total. The molecule has 0 fully saturated rings. The van der Waals surface area contributed by atoms with E-state index in [1.165, 1.54) is 11.3 Å². The molecule has 6 heteroatoms. The molecule has 0 saturated carbocycles. The van der Waals surface area contributed by atoms with Crippen molar-refractivity contribution in [2.75, 3.05) is 5.32 Å². The van der Waals surface area contributed by atoms with E-state index in [9.17, 15) is 4.79 Å². The highest BCUT2D eigenvalue weighted by atomic mass is 127. The quantitative estimate of drug-likeness (QED) is 0.696. The smallest absolute Gasteiger partial charge is 0.346 e. The fourth-order valence-corrected chi connectivity index (χ4v) is 2.99. The number of aromatic carboxylic acids is 1. The van der Waals surface area contributed by atoms with E-state index in [0.717, 1.165) is 19.3 Å². The van der Waals surface area contributed by atoms with Gasteiger partial charge in [0.2, 0.25) is 0 Å². The Balaban J connectivity index is 2.09. The molecule has 1 heterocycles. The number of carboxylic acids is 1. The number of rotatable bonds is 4. The molecule has 1 aromatic heterocycles. The molecular weight excluding hydrogens is 429 g/mol. The number of hydrogen-bond donors (Lipinski definition) is 2. The van der Waals surface area contributed by atoms with Crippen molar-refractivity contribution < 1.29 is 9.90 Å². The van der Waals surface area contributed by atoms with E-state index in [1.54, 1.807) is 5.38 Å². The van der Waals surface area contributed by atoms with Gasteiger partial charge in [0.25, 0.3) is 0 Å². The van der Waals surface area contributed by atoms with Gasteiger partial charge in [-0.2, -0.15) is 0 Å². The summed E-state index contributed by atoms with van der Waals surface area (Å²) in [5, 5.41) is 14.0. The maximum absolute atomic E-state index is 11.0. The maximum Gasteiger partial charge on any atom is 0.346 e. The lowest BCUT2D eigenvalue weighted by atomic mass is 10.2. The first-order valence-electron chi connectivity index (χ1n) is 5.06. The molecule has 0 spiro atoms. The molecule has 0 aliphatic carbocycles. The van der Waals surface area contributed by atoms with E-state index in [4.69, 9.17) is 5.11 Å². The minimum atomic E-state index is -0.868. The molecule has 2 rings (SSSR count). The van der Waals surface area contributed by atoms with Crippen LogP contribution in [0.2, 0.25) is 0 Å². The highest BCUT2D eigenvalue weighted by Gasteiger charge is 2.11. The summed E-state index contributed by atoms with van der Waals surface area (Å²) in [6.45, 7) is 0.517. The number of nitrogens with one attached hydrogen (secondary N) is 1. The lowest BCUT2D eigenvalue weighted by molar-refractivity contribution is 0.0701. The number of halogens is 2. The van der Waals surface area contributed by atoms with Gasteiger partial charge >= 0.3 is 5.97 Å². The monoisotopic (exact) mass is 437 g/mol. The molecule has 94 valence electrons. The maximum atomic E-state index is 11.0. The van der Waals surface area contributed by atoms with Crippen LogP contribution in [0.5, 0.6) is 0 Å². The van der Waals surface area contributed by atoms with Crippen molar-refractivity contribution >= 4 is 61.5 Å². The molecule has 0 atom stereocenters. The molecule has 18 heavy (non-hydrogen) atoms. The standard InChI is InChI=1S/C12H9BrINO2S/c13-9-2-1-8(5-10(9)14)15-6-7-3-4-18-11(7)12(16)17/h1-5,15H,6H2,(H,16,17). The Kier molecular flexibility index (Phi) is 4.63. The SMILES string of the molecule is O=C(O)c1sccc1CNc1ccc(Br)c(I)c1. The summed E-state index contributed by atoms with van der Waals surface area (Å²) in [7, 11) is 0. The largest absolute Gasteiger partial charge is 0.477 e. The Morgan fingerprint density at radius 3 is 2.89 bits per heavy atom. The van der Waals surface area contributed by atoms with E-state index in [1.807, 2.05) is 24.3 Å². The predicted molar refractivity (Wildman–Crippen MR) is 85.5 cm³/mol.